The summed E-state index contributed by atoms with van der Waals surface area (Å²) in [5.74, 6) is 1.38. The molecule has 3 rings (SSSR count). The molecule has 0 aliphatic rings. The van der Waals surface area contributed by atoms with Crippen molar-refractivity contribution in [3.8, 4) is 0 Å². The number of hydrogen-bond donors (Lipinski definition) is 3. The van der Waals surface area contributed by atoms with Gasteiger partial charge in [-0.3, -0.25) is 4.79 Å². The standard InChI is InChI=1S/C21H25N5O/c1-3-22-21-25-15(2)13-19(26-21)23-11-12-24-20(27)14-17-9-6-8-16-7-4-5-10-18(16)17/h4-10,13H,3,11-12,14H2,1-2H3,(H,24,27)(H2,22,23,25,26). The maximum absolute atomic E-state index is 12.3. The topological polar surface area (TPSA) is 78.9 Å². The number of carbonyl (C=O) groups excluding carboxylic acids is 1. The summed E-state index contributed by atoms with van der Waals surface area (Å²) in [7, 11) is 0. The van der Waals surface area contributed by atoms with E-state index >= 15 is 0 Å². The molecule has 1 heterocycles. The fourth-order valence-electron chi connectivity index (χ4n) is 2.97. The molecule has 0 bridgehead atoms. The van der Waals surface area contributed by atoms with Crippen molar-refractivity contribution >= 4 is 28.4 Å². The molecule has 0 atom stereocenters. The van der Waals surface area contributed by atoms with Crippen molar-refractivity contribution in [2.45, 2.75) is 20.3 Å². The first-order valence-electron chi connectivity index (χ1n) is 9.22. The molecule has 27 heavy (non-hydrogen) atoms. The third kappa shape index (κ3) is 5.17. The van der Waals surface area contributed by atoms with Crippen LogP contribution in [0.1, 0.15) is 18.2 Å². The summed E-state index contributed by atoms with van der Waals surface area (Å²) in [5.41, 5.74) is 1.93. The monoisotopic (exact) mass is 363 g/mol. The Labute approximate surface area is 159 Å². The third-order valence-electron chi connectivity index (χ3n) is 4.17. The summed E-state index contributed by atoms with van der Waals surface area (Å²) in [6, 6.07) is 16.1. The number of aryl methyl sites for hydroxylation is 1. The molecule has 6 heteroatoms. The number of nitrogens with zero attached hydrogens (tertiary/aromatic N) is 2. The molecule has 140 valence electrons. The number of rotatable bonds is 8. The van der Waals surface area contributed by atoms with Gasteiger partial charge in [0.25, 0.3) is 0 Å². The first-order valence-corrected chi connectivity index (χ1v) is 9.22. The smallest absolute Gasteiger partial charge is 0.224 e. The lowest BCUT2D eigenvalue weighted by atomic mass is 10.0. The van der Waals surface area contributed by atoms with Gasteiger partial charge in [0, 0.05) is 31.4 Å². The average Bonchev–Trinajstić information content (AvgIpc) is 2.65. The highest BCUT2D eigenvalue weighted by atomic mass is 16.1. The predicted molar refractivity (Wildman–Crippen MR) is 110 cm³/mol. The molecule has 2 aromatic carbocycles. The minimum Gasteiger partial charge on any atom is -0.368 e. The molecule has 1 amide bonds. The van der Waals surface area contributed by atoms with Crippen LogP contribution in [0.5, 0.6) is 0 Å². The second-order valence-electron chi connectivity index (χ2n) is 6.34. The zero-order valence-corrected chi connectivity index (χ0v) is 15.7. The van der Waals surface area contributed by atoms with Crippen LogP contribution in [0.15, 0.2) is 48.5 Å². The minimum atomic E-state index is 0.0142. The number of fused-ring (bicyclic) bond motifs is 1. The van der Waals surface area contributed by atoms with Crippen molar-refractivity contribution in [1.29, 1.82) is 0 Å². The molecule has 3 N–H and O–H groups in total. The highest BCUT2D eigenvalue weighted by molar-refractivity contribution is 5.90. The zero-order valence-electron chi connectivity index (χ0n) is 15.7. The number of benzene rings is 2. The van der Waals surface area contributed by atoms with E-state index < -0.39 is 0 Å². The first-order chi connectivity index (χ1) is 13.2. The Morgan fingerprint density at radius 2 is 1.81 bits per heavy atom. The highest BCUT2D eigenvalue weighted by Crippen LogP contribution is 2.18. The molecular formula is C21H25N5O. The fraction of sp³-hybridized carbons (Fsp3) is 0.286. The van der Waals surface area contributed by atoms with E-state index in [1.165, 1.54) is 0 Å². The third-order valence-corrected chi connectivity index (χ3v) is 4.17. The molecule has 3 aromatic rings. The van der Waals surface area contributed by atoms with Gasteiger partial charge in [0.2, 0.25) is 11.9 Å². The van der Waals surface area contributed by atoms with Crippen LogP contribution in [0.25, 0.3) is 10.8 Å². The maximum atomic E-state index is 12.3. The van der Waals surface area contributed by atoms with Gasteiger partial charge in [-0.2, -0.15) is 4.98 Å². The number of amides is 1. The Morgan fingerprint density at radius 1 is 1.00 bits per heavy atom. The lowest BCUT2D eigenvalue weighted by Crippen LogP contribution is -2.30. The van der Waals surface area contributed by atoms with Gasteiger partial charge in [-0.05, 0) is 30.2 Å². The van der Waals surface area contributed by atoms with E-state index in [1.807, 2.05) is 44.2 Å². The van der Waals surface area contributed by atoms with Gasteiger partial charge in [0.05, 0.1) is 6.42 Å². The van der Waals surface area contributed by atoms with Gasteiger partial charge in [0.1, 0.15) is 5.82 Å². The van der Waals surface area contributed by atoms with Gasteiger partial charge >= 0.3 is 0 Å². The number of carbonyl (C=O) groups is 1. The van der Waals surface area contributed by atoms with Gasteiger partial charge in [0.15, 0.2) is 0 Å². The summed E-state index contributed by atoms with van der Waals surface area (Å²) in [6.45, 7) is 5.84. The van der Waals surface area contributed by atoms with Crippen LogP contribution in [0.4, 0.5) is 11.8 Å². The molecule has 0 unspecified atom stereocenters. The van der Waals surface area contributed by atoms with Gasteiger partial charge in [-0.1, -0.05) is 42.5 Å². The van der Waals surface area contributed by atoms with Crippen molar-refractivity contribution in [2.24, 2.45) is 0 Å². The van der Waals surface area contributed by atoms with Crippen molar-refractivity contribution in [2.75, 3.05) is 30.3 Å². The van der Waals surface area contributed by atoms with E-state index in [4.69, 9.17) is 0 Å². The second kappa shape index (κ2) is 8.98. The first kappa shape index (κ1) is 18.6. The molecule has 1 aromatic heterocycles. The number of anilines is 2. The molecule has 0 saturated carbocycles. The van der Waals surface area contributed by atoms with E-state index in [0.29, 0.717) is 25.5 Å². The lowest BCUT2D eigenvalue weighted by Gasteiger charge is -2.10. The van der Waals surface area contributed by atoms with Crippen LogP contribution in [-0.2, 0) is 11.2 Å². The van der Waals surface area contributed by atoms with E-state index in [9.17, 15) is 4.79 Å². The summed E-state index contributed by atoms with van der Waals surface area (Å²) in [5, 5.41) is 11.6. The Kier molecular flexibility index (Phi) is 6.20. The van der Waals surface area contributed by atoms with Gasteiger partial charge in [-0.15, -0.1) is 0 Å². The second-order valence-corrected chi connectivity index (χ2v) is 6.34. The summed E-state index contributed by atoms with van der Waals surface area (Å²) < 4.78 is 0. The lowest BCUT2D eigenvalue weighted by molar-refractivity contribution is -0.120. The quantitative estimate of drug-likeness (QED) is 0.536. The van der Waals surface area contributed by atoms with E-state index in [2.05, 4.69) is 44.1 Å². The number of aromatic nitrogens is 2. The van der Waals surface area contributed by atoms with Crippen LogP contribution in [-0.4, -0.2) is 35.5 Å². The molecule has 0 saturated heterocycles. The average molecular weight is 363 g/mol. The van der Waals surface area contributed by atoms with Crippen LogP contribution in [0.2, 0.25) is 0 Å². The van der Waals surface area contributed by atoms with E-state index in [1.54, 1.807) is 0 Å². The van der Waals surface area contributed by atoms with Crippen LogP contribution in [0.3, 0.4) is 0 Å². The van der Waals surface area contributed by atoms with Crippen molar-refractivity contribution in [3.63, 3.8) is 0 Å². The Balaban J connectivity index is 1.50. The Morgan fingerprint density at radius 3 is 2.67 bits per heavy atom. The SMILES string of the molecule is CCNc1nc(C)cc(NCCNC(=O)Cc2cccc3ccccc23)n1. The molecule has 0 radical (unpaired) electrons. The molecule has 0 aliphatic carbocycles. The maximum Gasteiger partial charge on any atom is 0.224 e. The molecule has 0 spiro atoms. The highest BCUT2D eigenvalue weighted by Gasteiger charge is 2.07. The summed E-state index contributed by atoms with van der Waals surface area (Å²) in [4.78, 5) is 21.0. The Hall–Kier alpha value is -3.15. The van der Waals surface area contributed by atoms with Gasteiger partial charge < -0.3 is 16.0 Å². The van der Waals surface area contributed by atoms with Crippen molar-refractivity contribution < 1.29 is 4.79 Å². The minimum absolute atomic E-state index is 0.0142. The normalized spacial score (nSPS) is 10.6. The number of nitrogens with one attached hydrogen (secondary N) is 3. The molecular weight excluding hydrogens is 338 g/mol. The zero-order chi connectivity index (χ0) is 19.1. The predicted octanol–water partition coefficient (Wildman–Crippen LogP) is 3.14. The van der Waals surface area contributed by atoms with Crippen molar-refractivity contribution in [3.05, 3.63) is 59.8 Å². The summed E-state index contributed by atoms with van der Waals surface area (Å²) in [6.07, 6.45) is 0.374. The van der Waals surface area contributed by atoms with Crippen molar-refractivity contribution in [1.82, 2.24) is 15.3 Å². The van der Waals surface area contributed by atoms with Crippen LogP contribution >= 0.6 is 0 Å². The Bertz CT molecular complexity index is 920. The summed E-state index contributed by atoms with van der Waals surface area (Å²) >= 11 is 0. The largest absolute Gasteiger partial charge is 0.368 e. The van der Waals surface area contributed by atoms with Crippen LogP contribution < -0.4 is 16.0 Å². The van der Waals surface area contributed by atoms with E-state index in [0.717, 1.165) is 34.4 Å². The number of hydrogen-bond acceptors (Lipinski definition) is 5. The van der Waals surface area contributed by atoms with Crippen LogP contribution in [0, 0.1) is 6.92 Å². The fourth-order valence-corrected chi connectivity index (χ4v) is 2.97. The van der Waals surface area contributed by atoms with E-state index in [-0.39, 0.29) is 5.91 Å². The van der Waals surface area contributed by atoms with Gasteiger partial charge in [-0.25, -0.2) is 4.98 Å². The molecule has 0 aliphatic heterocycles. The molecule has 0 fully saturated rings. The molecule has 6 nitrogen and oxygen atoms in total.